The second-order valence-electron chi connectivity index (χ2n) is 6.81. The molecule has 1 aromatic heterocycles. The molecule has 0 radical (unpaired) electrons. The van der Waals surface area contributed by atoms with Gasteiger partial charge in [0.05, 0.1) is 6.07 Å². The Morgan fingerprint density at radius 1 is 1.00 bits per heavy atom. The molecule has 0 bridgehead atoms. The van der Waals surface area contributed by atoms with Crippen LogP contribution in [-0.2, 0) is 6.42 Å². The molecule has 3 rings (SSSR count). The SMILES string of the molecule is CCCCc1ccc(-c2cnc(C3CCC(C#N)CC3)nc2)cc1. The second kappa shape index (κ2) is 8.06. The first-order chi connectivity index (χ1) is 11.8. The maximum Gasteiger partial charge on any atom is 0.131 e. The number of rotatable bonds is 5. The molecule has 24 heavy (non-hydrogen) atoms. The van der Waals surface area contributed by atoms with Gasteiger partial charge in [-0.2, -0.15) is 5.26 Å². The van der Waals surface area contributed by atoms with E-state index in [2.05, 4.69) is 47.2 Å². The molecule has 0 aliphatic heterocycles. The van der Waals surface area contributed by atoms with Crippen LogP contribution >= 0.6 is 0 Å². The fraction of sp³-hybridized carbons (Fsp3) is 0.476. The molecule has 0 N–H and O–H groups in total. The molecular formula is C21H25N3. The van der Waals surface area contributed by atoms with E-state index in [4.69, 9.17) is 5.26 Å². The number of nitriles is 1. The van der Waals surface area contributed by atoms with Crippen LogP contribution in [0.25, 0.3) is 11.1 Å². The monoisotopic (exact) mass is 319 g/mol. The average molecular weight is 319 g/mol. The minimum atomic E-state index is 0.228. The number of aromatic nitrogens is 2. The Kier molecular flexibility index (Phi) is 5.59. The third kappa shape index (κ3) is 4.00. The second-order valence-corrected chi connectivity index (χ2v) is 6.81. The van der Waals surface area contributed by atoms with Crippen molar-refractivity contribution in [1.29, 1.82) is 5.26 Å². The lowest BCUT2D eigenvalue weighted by molar-refractivity contribution is 0.372. The van der Waals surface area contributed by atoms with E-state index in [-0.39, 0.29) is 5.92 Å². The lowest BCUT2D eigenvalue weighted by Gasteiger charge is -2.23. The van der Waals surface area contributed by atoms with Crippen LogP contribution in [0, 0.1) is 17.2 Å². The van der Waals surface area contributed by atoms with Gasteiger partial charge >= 0.3 is 0 Å². The van der Waals surface area contributed by atoms with E-state index < -0.39 is 0 Å². The van der Waals surface area contributed by atoms with Crippen LogP contribution in [0.5, 0.6) is 0 Å². The van der Waals surface area contributed by atoms with Gasteiger partial charge in [-0.25, -0.2) is 9.97 Å². The molecule has 1 fully saturated rings. The number of nitrogens with zero attached hydrogens (tertiary/aromatic N) is 3. The quantitative estimate of drug-likeness (QED) is 0.753. The van der Waals surface area contributed by atoms with E-state index in [1.54, 1.807) is 0 Å². The Morgan fingerprint density at radius 2 is 1.67 bits per heavy atom. The van der Waals surface area contributed by atoms with Crippen molar-refractivity contribution in [3.63, 3.8) is 0 Å². The molecule has 2 aromatic rings. The van der Waals surface area contributed by atoms with Gasteiger partial charge in [0.25, 0.3) is 0 Å². The largest absolute Gasteiger partial charge is 0.240 e. The Bertz CT molecular complexity index is 675. The molecule has 1 aliphatic carbocycles. The molecule has 1 aromatic carbocycles. The van der Waals surface area contributed by atoms with E-state index in [0.717, 1.165) is 43.5 Å². The fourth-order valence-electron chi connectivity index (χ4n) is 3.42. The van der Waals surface area contributed by atoms with Crippen molar-refractivity contribution < 1.29 is 0 Å². The molecule has 0 spiro atoms. The summed E-state index contributed by atoms with van der Waals surface area (Å²) in [5.41, 5.74) is 3.65. The van der Waals surface area contributed by atoms with Crippen LogP contribution in [0.2, 0.25) is 0 Å². The predicted molar refractivity (Wildman–Crippen MR) is 96.4 cm³/mol. The number of unbranched alkanes of at least 4 members (excludes halogenated alkanes) is 1. The summed E-state index contributed by atoms with van der Waals surface area (Å²) in [7, 11) is 0. The average Bonchev–Trinajstić information content (AvgIpc) is 2.67. The van der Waals surface area contributed by atoms with Gasteiger partial charge in [-0.1, -0.05) is 37.6 Å². The van der Waals surface area contributed by atoms with Crippen LogP contribution in [0.3, 0.4) is 0 Å². The van der Waals surface area contributed by atoms with Gasteiger partial charge in [0.15, 0.2) is 0 Å². The van der Waals surface area contributed by atoms with E-state index in [1.807, 2.05) is 12.4 Å². The summed E-state index contributed by atoms with van der Waals surface area (Å²) in [6.45, 7) is 2.22. The first-order valence-electron chi connectivity index (χ1n) is 9.11. The van der Waals surface area contributed by atoms with Crippen LogP contribution < -0.4 is 0 Å². The molecule has 3 heteroatoms. The molecule has 3 nitrogen and oxygen atoms in total. The minimum absolute atomic E-state index is 0.228. The van der Waals surface area contributed by atoms with Crippen molar-refractivity contribution in [2.45, 2.75) is 57.8 Å². The Hall–Kier alpha value is -2.21. The van der Waals surface area contributed by atoms with Crippen molar-refractivity contribution in [2.75, 3.05) is 0 Å². The highest BCUT2D eigenvalue weighted by Gasteiger charge is 2.23. The van der Waals surface area contributed by atoms with Crippen LogP contribution in [0.4, 0.5) is 0 Å². The summed E-state index contributed by atoms with van der Waals surface area (Å²) in [4.78, 5) is 9.22. The smallest absolute Gasteiger partial charge is 0.131 e. The molecule has 1 aliphatic rings. The summed E-state index contributed by atoms with van der Waals surface area (Å²) in [6.07, 6.45) is 11.5. The van der Waals surface area contributed by atoms with Gasteiger partial charge in [0, 0.05) is 29.8 Å². The van der Waals surface area contributed by atoms with Gasteiger partial charge in [-0.3, -0.25) is 0 Å². The molecule has 124 valence electrons. The van der Waals surface area contributed by atoms with E-state index >= 15 is 0 Å². The molecule has 0 atom stereocenters. The Balaban J connectivity index is 1.65. The van der Waals surface area contributed by atoms with Crippen molar-refractivity contribution in [3.05, 3.63) is 48.0 Å². The van der Waals surface area contributed by atoms with Crippen LogP contribution in [-0.4, -0.2) is 9.97 Å². The fourth-order valence-corrected chi connectivity index (χ4v) is 3.42. The molecule has 0 saturated heterocycles. The molecule has 0 unspecified atom stereocenters. The van der Waals surface area contributed by atoms with Gasteiger partial charge in [-0.15, -0.1) is 0 Å². The zero-order valence-corrected chi connectivity index (χ0v) is 14.4. The lowest BCUT2D eigenvalue weighted by atomic mass is 9.82. The van der Waals surface area contributed by atoms with Gasteiger partial charge in [-0.05, 0) is 49.7 Å². The van der Waals surface area contributed by atoms with Crippen molar-refractivity contribution in [3.8, 4) is 17.2 Å². The summed E-state index contributed by atoms with van der Waals surface area (Å²) in [5.74, 6) is 1.58. The standard InChI is InChI=1S/C21H25N3/c1-2-3-4-16-5-9-18(10-6-16)20-14-23-21(24-15-20)19-11-7-17(13-22)8-12-19/h5-6,9-10,14-15,17,19H,2-4,7-8,11-12H2,1H3. The maximum absolute atomic E-state index is 9.00. The summed E-state index contributed by atoms with van der Waals surface area (Å²) >= 11 is 0. The maximum atomic E-state index is 9.00. The summed E-state index contributed by atoms with van der Waals surface area (Å²) in [5, 5.41) is 9.00. The van der Waals surface area contributed by atoms with Crippen molar-refractivity contribution in [1.82, 2.24) is 9.97 Å². The Morgan fingerprint density at radius 3 is 2.25 bits per heavy atom. The summed E-state index contributed by atoms with van der Waals surface area (Å²) in [6, 6.07) is 11.1. The zero-order chi connectivity index (χ0) is 16.8. The van der Waals surface area contributed by atoms with Crippen LogP contribution in [0.15, 0.2) is 36.7 Å². The first-order valence-corrected chi connectivity index (χ1v) is 9.11. The van der Waals surface area contributed by atoms with Crippen molar-refractivity contribution >= 4 is 0 Å². The number of benzene rings is 1. The number of hydrogen-bond acceptors (Lipinski definition) is 3. The van der Waals surface area contributed by atoms with Crippen LogP contribution in [0.1, 0.15) is 62.8 Å². The predicted octanol–water partition coefficient (Wildman–Crippen LogP) is 5.28. The number of hydrogen-bond donors (Lipinski definition) is 0. The van der Waals surface area contributed by atoms with Crippen molar-refractivity contribution in [2.24, 2.45) is 5.92 Å². The molecular weight excluding hydrogens is 294 g/mol. The normalized spacial score (nSPS) is 20.5. The van der Waals surface area contributed by atoms with E-state index in [9.17, 15) is 0 Å². The third-order valence-electron chi connectivity index (χ3n) is 5.05. The minimum Gasteiger partial charge on any atom is -0.240 e. The highest BCUT2D eigenvalue weighted by Crippen LogP contribution is 2.34. The highest BCUT2D eigenvalue weighted by atomic mass is 14.9. The van der Waals surface area contributed by atoms with Gasteiger partial charge < -0.3 is 0 Å². The Labute approximate surface area is 144 Å². The molecule has 1 saturated carbocycles. The highest BCUT2D eigenvalue weighted by molar-refractivity contribution is 5.61. The third-order valence-corrected chi connectivity index (χ3v) is 5.05. The topological polar surface area (TPSA) is 49.6 Å². The van der Waals surface area contributed by atoms with Gasteiger partial charge in [0.1, 0.15) is 5.82 Å². The van der Waals surface area contributed by atoms with E-state index in [0.29, 0.717) is 5.92 Å². The summed E-state index contributed by atoms with van der Waals surface area (Å²) < 4.78 is 0. The molecule has 1 heterocycles. The zero-order valence-electron chi connectivity index (χ0n) is 14.4. The lowest BCUT2D eigenvalue weighted by Crippen LogP contribution is -2.14. The van der Waals surface area contributed by atoms with Gasteiger partial charge in [0.2, 0.25) is 0 Å². The first kappa shape index (κ1) is 16.6. The number of aryl methyl sites for hydroxylation is 1. The van der Waals surface area contributed by atoms with E-state index in [1.165, 1.54) is 24.0 Å². The molecule has 0 amide bonds.